The zero-order valence-electron chi connectivity index (χ0n) is 9.38. The average molecular weight is 343 g/mol. The number of hydrogen-bond acceptors (Lipinski definition) is 5. The molecule has 0 amide bonds. The van der Waals surface area contributed by atoms with Gasteiger partial charge in [0, 0.05) is 23.1 Å². The first-order chi connectivity index (χ1) is 8.41. The van der Waals surface area contributed by atoms with Gasteiger partial charge < -0.3 is 10.6 Å². The predicted octanol–water partition coefficient (Wildman–Crippen LogP) is 2.49. The molecule has 1 aromatic rings. The van der Waals surface area contributed by atoms with Gasteiger partial charge in [-0.05, 0) is 29.8 Å². The van der Waals surface area contributed by atoms with Crippen molar-refractivity contribution in [2.75, 3.05) is 5.32 Å². The largest absolute Gasteiger partial charge is 0.337 e. The molecule has 0 aromatic heterocycles. The molecule has 19 heavy (non-hydrogen) atoms. The standard InChI is InChI=1S/C10H9Cl2N3O2S.ClH/c11-10(13-6-3-7-14-10)15-8-4-1-2-5-9(8)18(12,16)17;/h1-7,13,15H;1H. The highest BCUT2D eigenvalue weighted by Gasteiger charge is 2.27. The van der Waals surface area contributed by atoms with Crippen molar-refractivity contribution in [1.82, 2.24) is 5.32 Å². The first-order valence-corrected chi connectivity index (χ1v) is 7.58. The van der Waals surface area contributed by atoms with Crippen molar-refractivity contribution in [3.63, 3.8) is 0 Å². The number of halogens is 3. The van der Waals surface area contributed by atoms with Crippen molar-refractivity contribution < 1.29 is 8.42 Å². The van der Waals surface area contributed by atoms with Gasteiger partial charge >= 0.3 is 0 Å². The maximum absolute atomic E-state index is 11.4. The van der Waals surface area contributed by atoms with E-state index in [0.717, 1.165) is 0 Å². The van der Waals surface area contributed by atoms with E-state index in [2.05, 4.69) is 15.6 Å². The highest BCUT2D eigenvalue weighted by Crippen LogP contribution is 2.28. The highest BCUT2D eigenvalue weighted by molar-refractivity contribution is 8.13. The molecule has 9 heteroatoms. The summed E-state index contributed by atoms with van der Waals surface area (Å²) in [4.78, 5) is 3.92. The van der Waals surface area contributed by atoms with Crippen LogP contribution in [0.2, 0.25) is 0 Å². The van der Waals surface area contributed by atoms with Gasteiger partial charge in [-0.25, -0.2) is 13.4 Å². The number of nitrogens with zero attached hydrogens (tertiary/aromatic N) is 1. The molecule has 1 unspecified atom stereocenters. The third kappa shape index (κ3) is 4.01. The molecule has 0 saturated heterocycles. The van der Waals surface area contributed by atoms with Gasteiger partial charge in [0.05, 0.1) is 5.69 Å². The Balaban J connectivity index is 0.00000180. The normalized spacial score (nSPS) is 21.4. The van der Waals surface area contributed by atoms with Crippen LogP contribution in [-0.4, -0.2) is 19.9 Å². The van der Waals surface area contributed by atoms with Crippen LogP contribution in [0.15, 0.2) is 46.4 Å². The van der Waals surface area contributed by atoms with Crippen LogP contribution in [0.1, 0.15) is 0 Å². The minimum atomic E-state index is -3.86. The Morgan fingerprint density at radius 3 is 2.58 bits per heavy atom. The summed E-state index contributed by atoms with van der Waals surface area (Å²) in [5.74, 6) is 0. The Morgan fingerprint density at radius 2 is 2.00 bits per heavy atom. The van der Waals surface area contributed by atoms with Gasteiger partial charge in [0.15, 0.2) is 0 Å². The number of allylic oxidation sites excluding steroid dienone is 1. The van der Waals surface area contributed by atoms with Crippen molar-refractivity contribution in [3.05, 3.63) is 36.5 Å². The lowest BCUT2D eigenvalue weighted by Crippen LogP contribution is -2.43. The molecular formula is C10H10Cl3N3O2S. The van der Waals surface area contributed by atoms with Crippen LogP contribution in [0.5, 0.6) is 0 Å². The first kappa shape index (κ1) is 16.1. The lowest BCUT2D eigenvalue weighted by atomic mass is 10.3. The molecule has 0 spiro atoms. The zero-order chi connectivity index (χ0) is 13.2. The number of nitrogens with one attached hydrogen (secondary N) is 2. The summed E-state index contributed by atoms with van der Waals surface area (Å²) >= 11 is 6.12. The molecule has 0 aliphatic carbocycles. The predicted molar refractivity (Wildman–Crippen MR) is 79.7 cm³/mol. The number of aliphatic imine (C=N–C) groups is 1. The van der Waals surface area contributed by atoms with Gasteiger partial charge in [-0.2, -0.15) is 0 Å². The average Bonchev–Trinajstić information content (AvgIpc) is 2.28. The minimum absolute atomic E-state index is 0. The lowest BCUT2D eigenvalue weighted by Gasteiger charge is -2.27. The number of benzene rings is 1. The van der Waals surface area contributed by atoms with Crippen LogP contribution in [0.25, 0.3) is 0 Å². The fraction of sp³-hybridized carbons (Fsp3) is 0.100. The van der Waals surface area contributed by atoms with E-state index in [1.165, 1.54) is 12.3 Å². The van der Waals surface area contributed by atoms with E-state index in [4.69, 9.17) is 22.3 Å². The lowest BCUT2D eigenvalue weighted by molar-refractivity contribution is 0.602. The Bertz CT molecular complexity index is 618. The summed E-state index contributed by atoms with van der Waals surface area (Å²) in [6.45, 7) is 0. The molecule has 0 fully saturated rings. The van der Waals surface area contributed by atoms with Crippen molar-refractivity contribution in [3.8, 4) is 0 Å². The van der Waals surface area contributed by atoms with Gasteiger partial charge in [0.25, 0.3) is 14.3 Å². The maximum Gasteiger partial charge on any atom is 0.286 e. The summed E-state index contributed by atoms with van der Waals surface area (Å²) in [7, 11) is 1.49. The van der Waals surface area contributed by atoms with E-state index in [-0.39, 0.29) is 23.0 Å². The Labute approximate surface area is 126 Å². The molecule has 0 saturated carbocycles. The molecule has 0 radical (unpaired) electrons. The van der Waals surface area contributed by atoms with Crippen LogP contribution in [0.4, 0.5) is 5.69 Å². The second kappa shape index (κ2) is 6.00. The molecule has 104 valence electrons. The van der Waals surface area contributed by atoms with E-state index < -0.39 is 14.3 Å². The summed E-state index contributed by atoms with van der Waals surface area (Å²) in [5, 5.41) is 4.21. The molecule has 1 atom stereocenters. The topological polar surface area (TPSA) is 70.6 Å². The molecule has 2 rings (SSSR count). The van der Waals surface area contributed by atoms with Gasteiger partial charge in [-0.15, -0.1) is 12.4 Å². The highest BCUT2D eigenvalue weighted by atomic mass is 35.7. The second-order valence-corrected chi connectivity index (χ2v) is 6.54. The molecular weight excluding hydrogens is 333 g/mol. The van der Waals surface area contributed by atoms with Crippen LogP contribution in [0.3, 0.4) is 0 Å². The Kier molecular flexibility index (Phi) is 5.09. The minimum Gasteiger partial charge on any atom is -0.337 e. The van der Waals surface area contributed by atoms with Crippen molar-refractivity contribution in [1.29, 1.82) is 0 Å². The fourth-order valence-corrected chi connectivity index (χ4v) is 2.66. The smallest absolute Gasteiger partial charge is 0.286 e. The van der Waals surface area contributed by atoms with Crippen LogP contribution in [0, 0.1) is 0 Å². The monoisotopic (exact) mass is 341 g/mol. The summed E-state index contributed by atoms with van der Waals surface area (Å²) in [6, 6.07) is 6.16. The number of alkyl halides is 1. The van der Waals surface area contributed by atoms with Crippen molar-refractivity contribution in [2.45, 2.75) is 10.1 Å². The van der Waals surface area contributed by atoms with E-state index >= 15 is 0 Å². The van der Waals surface area contributed by atoms with Crippen molar-refractivity contribution in [2.24, 2.45) is 4.99 Å². The zero-order valence-corrected chi connectivity index (χ0v) is 12.5. The third-order valence-corrected chi connectivity index (χ3v) is 3.84. The number of rotatable bonds is 3. The van der Waals surface area contributed by atoms with E-state index in [9.17, 15) is 8.42 Å². The van der Waals surface area contributed by atoms with E-state index in [1.54, 1.807) is 30.5 Å². The Morgan fingerprint density at radius 1 is 1.32 bits per heavy atom. The SMILES string of the molecule is Cl.O=S(=O)(Cl)c1ccccc1NC1(Cl)N=CC=CN1. The van der Waals surface area contributed by atoms with Crippen LogP contribution < -0.4 is 10.6 Å². The first-order valence-electron chi connectivity index (χ1n) is 4.90. The van der Waals surface area contributed by atoms with Crippen molar-refractivity contribution >= 4 is 55.6 Å². The summed E-state index contributed by atoms with van der Waals surface area (Å²) in [5.41, 5.74) is 0.266. The van der Waals surface area contributed by atoms with Gasteiger partial charge in [0.2, 0.25) is 0 Å². The summed E-state index contributed by atoms with van der Waals surface area (Å²) in [6.07, 6.45) is 4.74. The Hall–Kier alpha value is -0.950. The maximum atomic E-state index is 11.4. The van der Waals surface area contributed by atoms with E-state index in [0.29, 0.717) is 0 Å². The van der Waals surface area contributed by atoms with Gasteiger partial charge in [0.1, 0.15) is 4.90 Å². The third-order valence-electron chi connectivity index (χ3n) is 2.16. The quantitative estimate of drug-likeness (QED) is 0.503. The fourth-order valence-electron chi connectivity index (χ4n) is 1.41. The van der Waals surface area contributed by atoms with Gasteiger partial charge in [-0.1, -0.05) is 12.1 Å². The molecule has 1 heterocycles. The van der Waals surface area contributed by atoms with Gasteiger partial charge in [-0.3, -0.25) is 0 Å². The molecule has 1 aliphatic heterocycles. The molecule has 1 aliphatic rings. The number of anilines is 1. The molecule has 0 bridgehead atoms. The number of para-hydroxylation sites is 1. The molecule has 5 nitrogen and oxygen atoms in total. The number of hydrogen-bond donors (Lipinski definition) is 2. The second-order valence-electron chi connectivity index (χ2n) is 3.46. The van der Waals surface area contributed by atoms with Crippen LogP contribution in [-0.2, 0) is 9.05 Å². The van der Waals surface area contributed by atoms with E-state index in [1.807, 2.05) is 0 Å². The summed E-state index contributed by atoms with van der Waals surface area (Å²) < 4.78 is 22.8. The van der Waals surface area contributed by atoms with Crippen LogP contribution >= 0.6 is 34.7 Å². The molecule has 1 aromatic carbocycles. The molecule has 2 N–H and O–H groups in total.